The molecule has 1 rings (SSSR count). The number of aliphatic carboxylic acids is 1. The molecule has 0 aromatic rings. The van der Waals surface area contributed by atoms with Crippen LogP contribution in [0.25, 0.3) is 0 Å². The molecule has 0 aromatic heterocycles. The molecule has 4 heteroatoms. The van der Waals surface area contributed by atoms with Crippen molar-refractivity contribution in [2.45, 2.75) is 46.1 Å². The SMILES string of the molecule is CC(=O)OC(CC(=O)O)C1CCC(C)=CC1C. The minimum absolute atomic E-state index is 0.110. The minimum Gasteiger partial charge on any atom is -0.481 e. The second-order valence-electron chi connectivity index (χ2n) is 4.82. The lowest BCUT2D eigenvalue weighted by Gasteiger charge is -2.32. The molecule has 0 fully saturated rings. The Morgan fingerprint density at radius 3 is 2.71 bits per heavy atom. The summed E-state index contributed by atoms with van der Waals surface area (Å²) >= 11 is 0. The summed E-state index contributed by atoms with van der Waals surface area (Å²) in [7, 11) is 0. The Labute approximate surface area is 102 Å². The molecule has 1 aliphatic carbocycles. The fraction of sp³-hybridized carbons (Fsp3) is 0.692. The van der Waals surface area contributed by atoms with Gasteiger partial charge >= 0.3 is 11.9 Å². The van der Waals surface area contributed by atoms with Crippen molar-refractivity contribution in [2.75, 3.05) is 0 Å². The zero-order chi connectivity index (χ0) is 13.0. The van der Waals surface area contributed by atoms with E-state index in [1.807, 2.05) is 6.92 Å². The van der Waals surface area contributed by atoms with E-state index < -0.39 is 18.0 Å². The number of hydrogen-bond acceptors (Lipinski definition) is 3. The number of rotatable bonds is 4. The summed E-state index contributed by atoms with van der Waals surface area (Å²) in [6, 6.07) is 0. The van der Waals surface area contributed by atoms with Crippen LogP contribution in [0.15, 0.2) is 11.6 Å². The molecule has 0 aromatic carbocycles. The van der Waals surface area contributed by atoms with Crippen LogP contribution in [-0.2, 0) is 14.3 Å². The number of ether oxygens (including phenoxy) is 1. The normalized spacial score (nSPS) is 25.9. The van der Waals surface area contributed by atoms with E-state index in [2.05, 4.69) is 13.0 Å². The summed E-state index contributed by atoms with van der Waals surface area (Å²) in [6.45, 7) is 5.44. The van der Waals surface area contributed by atoms with Gasteiger partial charge in [-0.1, -0.05) is 18.6 Å². The quantitative estimate of drug-likeness (QED) is 0.605. The van der Waals surface area contributed by atoms with Crippen molar-refractivity contribution >= 4 is 11.9 Å². The van der Waals surface area contributed by atoms with Gasteiger partial charge in [0.1, 0.15) is 6.10 Å². The monoisotopic (exact) mass is 240 g/mol. The van der Waals surface area contributed by atoms with Gasteiger partial charge in [-0.15, -0.1) is 0 Å². The van der Waals surface area contributed by atoms with Gasteiger partial charge in [0, 0.05) is 12.8 Å². The number of carbonyl (C=O) groups excluding carboxylic acids is 1. The lowest BCUT2D eigenvalue weighted by Crippen LogP contribution is -2.33. The van der Waals surface area contributed by atoms with E-state index in [0.29, 0.717) is 0 Å². The number of carbonyl (C=O) groups is 2. The van der Waals surface area contributed by atoms with Crippen molar-refractivity contribution in [3.63, 3.8) is 0 Å². The third kappa shape index (κ3) is 4.21. The molecular formula is C13H20O4. The van der Waals surface area contributed by atoms with Crippen LogP contribution in [0.2, 0.25) is 0 Å². The van der Waals surface area contributed by atoms with Crippen molar-refractivity contribution in [3.05, 3.63) is 11.6 Å². The average Bonchev–Trinajstić information content (AvgIpc) is 2.14. The highest BCUT2D eigenvalue weighted by Crippen LogP contribution is 2.33. The van der Waals surface area contributed by atoms with E-state index in [1.165, 1.54) is 12.5 Å². The zero-order valence-electron chi connectivity index (χ0n) is 10.6. The third-order valence-corrected chi connectivity index (χ3v) is 3.27. The van der Waals surface area contributed by atoms with Crippen LogP contribution in [0, 0.1) is 11.8 Å². The van der Waals surface area contributed by atoms with Crippen molar-refractivity contribution in [1.82, 2.24) is 0 Å². The van der Waals surface area contributed by atoms with Crippen LogP contribution in [0.4, 0.5) is 0 Å². The van der Waals surface area contributed by atoms with E-state index in [1.54, 1.807) is 0 Å². The highest BCUT2D eigenvalue weighted by atomic mass is 16.5. The van der Waals surface area contributed by atoms with Gasteiger partial charge in [0.2, 0.25) is 0 Å². The summed E-state index contributed by atoms with van der Waals surface area (Å²) in [6.07, 6.45) is 3.36. The highest BCUT2D eigenvalue weighted by molar-refractivity contribution is 5.69. The predicted molar refractivity (Wildman–Crippen MR) is 63.5 cm³/mol. The molecule has 0 aliphatic heterocycles. The molecule has 96 valence electrons. The summed E-state index contributed by atoms with van der Waals surface area (Å²) < 4.78 is 5.16. The molecule has 3 atom stereocenters. The van der Waals surface area contributed by atoms with Crippen LogP contribution in [0.1, 0.15) is 40.0 Å². The standard InChI is InChI=1S/C13H20O4/c1-8-4-5-11(9(2)6-8)12(7-13(15)16)17-10(3)14/h6,9,11-12H,4-5,7H2,1-3H3,(H,15,16). The Morgan fingerprint density at radius 2 is 2.24 bits per heavy atom. The van der Waals surface area contributed by atoms with Crippen LogP contribution >= 0.6 is 0 Å². The number of carboxylic acids is 1. The smallest absolute Gasteiger partial charge is 0.307 e. The number of allylic oxidation sites excluding steroid dienone is 2. The van der Waals surface area contributed by atoms with E-state index in [0.717, 1.165) is 12.8 Å². The van der Waals surface area contributed by atoms with Crippen LogP contribution in [0.5, 0.6) is 0 Å². The average molecular weight is 240 g/mol. The molecule has 0 radical (unpaired) electrons. The second kappa shape index (κ2) is 5.84. The molecule has 0 saturated carbocycles. The maximum absolute atomic E-state index is 11.0. The van der Waals surface area contributed by atoms with E-state index >= 15 is 0 Å². The first-order valence-electron chi connectivity index (χ1n) is 5.96. The fourth-order valence-corrected chi connectivity index (χ4v) is 2.50. The maximum atomic E-state index is 11.0. The summed E-state index contributed by atoms with van der Waals surface area (Å²) in [4.78, 5) is 21.8. The molecule has 0 spiro atoms. The summed E-state index contributed by atoms with van der Waals surface area (Å²) in [5.41, 5.74) is 1.32. The van der Waals surface area contributed by atoms with E-state index in [4.69, 9.17) is 9.84 Å². The molecule has 3 unspecified atom stereocenters. The minimum atomic E-state index is -0.922. The molecule has 4 nitrogen and oxygen atoms in total. The van der Waals surface area contributed by atoms with Crippen molar-refractivity contribution in [3.8, 4) is 0 Å². The first-order valence-corrected chi connectivity index (χ1v) is 5.96. The van der Waals surface area contributed by atoms with Crippen molar-refractivity contribution in [2.24, 2.45) is 11.8 Å². The Balaban J connectivity index is 2.75. The fourth-order valence-electron chi connectivity index (χ4n) is 2.50. The highest BCUT2D eigenvalue weighted by Gasteiger charge is 2.31. The first kappa shape index (κ1) is 13.7. The maximum Gasteiger partial charge on any atom is 0.307 e. The Morgan fingerprint density at radius 1 is 1.59 bits per heavy atom. The van der Waals surface area contributed by atoms with Gasteiger partial charge in [0.25, 0.3) is 0 Å². The molecule has 0 amide bonds. The molecule has 0 heterocycles. The van der Waals surface area contributed by atoms with Crippen LogP contribution < -0.4 is 0 Å². The molecular weight excluding hydrogens is 220 g/mol. The van der Waals surface area contributed by atoms with Crippen molar-refractivity contribution in [1.29, 1.82) is 0 Å². The largest absolute Gasteiger partial charge is 0.481 e. The zero-order valence-corrected chi connectivity index (χ0v) is 10.6. The molecule has 1 N–H and O–H groups in total. The Kier molecular flexibility index (Phi) is 4.73. The summed E-state index contributed by atoms with van der Waals surface area (Å²) in [5, 5.41) is 8.86. The lowest BCUT2D eigenvalue weighted by molar-refractivity contribution is -0.154. The summed E-state index contributed by atoms with van der Waals surface area (Å²) in [5.74, 6) is -0.962. The molecule has 0 saturated heterocycles. The lowest BCUT2D eigenvalue weighted by atomic mass is 9.78. The van der Waals surface area contributed by atoms with Gasteiger partial charge in [0.05, 0.1) is 6.42 Å². The predicted octanol–water partition coefficient (Wildman–Crippen LogP) is 2.39. The van der Waals surface area contributed by atoms with Gasteiger partial charge in [-0.3, -0.25) is 9.59 Å². The molecule has 17 heavy (non-hydrogen) atoms. The molecule has 1 aliphatic rings. The van der Waals surface area contributed by atoms with E-state index in [9.17, 15) is 9.59 Å². The Hall–Kier alpha value is -1.32. The molecule has 0 bridgehead atoms. The van der Waals surface area contributed by atoms with Crippen molar-refractivity contribution < 1.29 is 19.4 Å². The number of carboxylic acid groups (broad SMARTS) is 1. The van der Waals surface area contributed by atoms with E-state index in [-0.39, 0.29) is 18.3 Å². The van der Waals surface area contributed by atoms with Gasteiger partial charge < -0.3 is 9.84 Å². The Bertz CT molecular complexity index is 316. The van der Waals surface area contributed by atoms with Crippen LogP contribution in [-0.4, -0.2) is 23.1 Å². The first-order chi connectivity index (χ1) is 7.90. The van der Waals surface area contributed by atoms with Gasteiger partial charge in [0.15, 0.2) is 0 Å². The third-order valence-electron chi connectivity index (χ3n) is 3.27. The second-order valence-corrected chi connectivity index (χ2v) is 4.82. The van der Waals surface area contributed by atoms with Crippen LogP contribution in [0.3, 0.4) is 0 Å². The van der Waals surface area contributed by atoms with Gasteiger partial charge in [-0.2, -0.15) is 0 Å². The number of hydrogen-bond donors (Lipinski definition) is 1. The van der Waals surface area contributed by atoms with Gasteiger partial charge in [-0.05, 0) is 25.7 Å². The number of esters is 1. The van der Waals surface area contributed by atoms with Gasteiger partial charge in [-0.25, -0.2) is 0 Å². The topological polar surface area (TPSA) is 63.6 Å².